The summed E-state index contributed by atoms with van der Waals surface area (Å²) in [4.78, 5) is 11.8. The van der Waals surface area contributed by atoms with Gasteiger partial charge in [0.25, 0.3) is 0 Å². The molecule has 1 aliphatic heterocycles. The standard InChI is InChI=1S/C13H20O3/c1-9-10-3-2-6-13(15-7-8-16-13)11(10)4-5-12(9)14/h9-11H,2-8H2,1H3/t9-,10?,11?/m1/s1. The maximum atomic E-state index is 11.8. The maximum Gasteiger partial charge on any atom is 0.171 e. The summed E-state index contributed by atoms with van der Waals surface area (Å²) >= 11 is 0. The molecule has 3 rings (SSSR count). The molecule has 3 fully saturated rings. The smallest absolute Gasteiger partial charge is 0.171 e. The van der Waals surface area contributed by atoms with Crippen LogP contribution in [0, 0.1) is 17.8 Å². The van der Waals surface area contributed by atoms with Crippen LogP contribution in [0.15, 0.2) is 0 Å². The zero-order valence-electron chi connectivity index (χ0n) is 9.91. The minimum Gasteiger partial charge on any atom is -0.347 e. The van der Waals surface area contributed by atoms with E-state index in [1.807, 2.05) is 0 Å². The van der Waals surface area contributed by atoms with Gasteiger partial charge in [-0.1, -0.05) is 6.92 Å². The summed E-state index contributed by atoms with van der Waals surface area (Å²) in [7, 11) is 0. The van der Waals surface area contributed by atoms with E-state index in [2.05, 4.69) is 6.92 Å². The van der Waals surface area contributed by atoms with Crippen LogP contribution in [0.1, 0.15) is 39.0 Å². The second kappa shape index (κ2) is 3.81. The number of fused-ring (bicyclic) bond motifs is 2. The van der Waals surface area contributed by atoms with Crippen LogP contribution in [0.4, 0.5) is 0 Å². The first-order chi connectivity index (χ1) is 7.73. The van der Waals surface area contributed by atoms with E-state index >= 15 is 0 Å². The third kappa shape index (κ3) is 1.45. The third-order valence-corrected chi connectivity index (χ3v) is 4.77. The molecular formula is C13H20O3. The van der Waals surface area contributed by atoms with Crippen LogP contribution in [-0.2, 0) is 14.3 Å². The number of carbonyl (C=O) groups excluding carboxylic acids is 1. The van der Waals surface area contributed by atoms with Gasteiger partial charge in [-0.3, -0.25) is 4.79 Å². The molecule has 2 aliphatic carbocycles. The lowest BCUT2D eigenvalue weighted by atomic mass is 9.63. The van der Waals surface area contributed by atoms with Crippen molar-refractivity contribution in [3.63, 3.8) is 0 Å². The minimum atomic E-state index is -0.322. The van der Waals surface area contributed by atoms with Crippen molar-refractivity contribution in [1.82, 2.24) is 0 Å². The summed E-state index contributed by atoms with van der Waals surface area (Å²) in [6, 6.07) is 0. The zero-order chi connectivity index (χ0) is 11.2. The Hall–Kier alpha value is -0.410. The zero-order valence-corrected chi connectivity index (χ0v) is 9.91. The molecule has 16 heavy (non-hydrogen) atoms. The highest BCUT2D eigenvalue weighted by atomic mass is 16.7. The van der Waals surface area contributed by atoms with Crippen LogP contribution >= 0.6 is 0 Å². The van der Waals surface area contributed by atoms with Gasteiger partial charge < -0.3 is 9.47 Å². The molecule has 0 aromatic heterocycles. The molecular weight excluding hydrogens is 204 g/mol. The normalized spacial score (nSPS) is 42.3. The lowest BCUT2D eigenvalue weighted by Gasteiger charge is -2.48. The van der Waals surface area contributed by atoms with E-state index in [0.29, 0.717) is 17.6 Å². The number of ether oxygens (including phenoxy) is 2. The topological polar surface area (TPSA) is 35.5 Å². The molecule has 0 N–H and O–H groups in total. The Morgan fingerprint density at radius 2 is 2.00 bits per heavy atom. The van der Waals surface area contributed by atoms with E-state index in [9.17, 15) is 4.79 Å². The largest absolute Gasteiger partial charge is 0.347 e. The molecule has 0 amide bonds. The highest BCUT2D eigenvalue weighted by Gasteiger charge is 2.53. The van der Waals surface area contributed by atoms with Gasteiger partial charge in [0.05, 0.1) is 13.2 Å². The van der Waals surface area contributed by atoms with Gasteiger partial charge in [0.1, 0.15) is 5.78 Å². The van der Waals surface area contributed by atoms with Crippen molar-refractivity contribution in [3.8, 4) is 0 Å². The van der Waals surface area contributed by atoms with E-state index < -0.39 is 0 Å². The van der Waals surface area contributed by atoms with Gasteiger partial charge in [-0.15, -0.1) is 0 Å². The van der Waals surface area contributed by atoms with Crippen molar-refractivity contribution in [2.24, 2.45) is 17.8 Å². The van der Waals surface area contributed by atoms with Crippen LogP contribution in [0.3, 0.4) is 0 Å². The van der Waals surface area contributed by atoms with Crippen LogP contribution in [0.25, 0.3) is 0 Å². The summed E-state index contributed by atoms with van der Waals surface area (Å²) in [5.74, 6) is 1.28. The highest BCUT2D eigenvalue weighted by Crippen LogP contribution is 2.50. The summed E-state index contributed by atoms with van der Waals surface area (Å²) in [5, 5.41) is 0. The first-order valence-electron chi connectivity index (χ1n) is 6.53. The lowest BCUT2D eigenvalue weighted by Crippen LogP contribution is -2.51. The number of hydrogen-bond acceptors (Lipinski definition) is 3. The van der Waals surface area contributed by atoms with Gasteiger partial charge in [0.2, 0.25) is 0 Å². The number of ketones is 1. The summed E-state index contributed by atoms with van der Waals surface area (Å²) in [5.41, 5.74) is 0. The third-order valence-electron chi connectivity index (χ3n) is 4.77. The second-order valence-corrected chi connectivity index (χ2v) is 5.46. The van der Waals surface area contributed by atoms with E-state index in [4.69, 9.17) is 9.47 Å². The molecule has 3 heteroatoms. The Bertz CT molecular complexity index is 294. The molecule has 0 radical (unpaired) electrons. The van der Waals surface area contributed by atoms with Gasteiger partial charge in [-0.25, -0.2) is 0 Å². The number of hydrogen-bond donors (Lipinski definition) is 0. The van der Waals surface area contributed by atoms with E-state index in [0.717, 1.165) is 38.9 Å². The van der Waals surface area contributed by atoms with Crippen LogP contribution in [0.5, 0.6) is 0 Å². The van der Waals surface area contributed by atoms with Crippen molar-refractivity contribution in [3.05, 3.63) is 0 Å². The van der Waals surface area contributed by atoms with Crippen LogP contribution in [-0.4, -0.2) is 24.8 Å². The van der Waals surface area contributed by atoms with Gasteiger partial charge in [0.15, 0.2) is 5.79 Å². The first kappa shape index (κ1) is 10.7. The molecule has 0 aromatic rings. The van der Waals surface area contributed by atoms with Gasteiger partial charge >= 0.3 is 0 Å². The van der Waals surface area contributed by atoms with Crippen molar-refractivity contribution >= 4 is 5.78 Å². The fourth-order valence-electron chi connectivity index (χ4n) is 3.92. The molecule has 2 saturated carbocycles. The van der Waals surface area contributed by atoms with Gasteiger partial charge in [0, 0.05) is 24.7 Å². The second-order valence-electron chi connectivity index (χ2n) is 5.46. The van der Waals surface area contributed by atoms with E-state index in [1.165, 1.54) is 6.42 Å². The molecule has 90 valence electrons. The molecule has 0 aromatic carbocycles. The molecule has 1 spiro atoms. The highest BCUT2D eigenvalue weighted by molar-refractivity contribution is 5.81. The summed E-state index contributed by atoms with van der Waals surface area (Å²) in [6.45, 7) is 3.55. The fraction of sp³-hybridized carbons (Fsp3) is 0.923. The quantitative estimate of drug-likeness (QED) is 0.632. The molecule has 3 nitrogen and oxygen atoms in total. The Morgan fingerprint density at radius 3 is 2.75 bits per heavy atom. The SMILES string of the molecule is C[C@H]1C(=O)CCC2C1CCCC21OCCO1. The monoisotopic (exact) mass is 224 g/mol. The molecule has 3 aliphatic rings. The van der Waals surface area contributed by atoms with Gasteiger partial charge in [-0.2, -0.15) is 0 Å². The first-order valence-corrected chi connectivity index (χ1v) is 6.53. The molecule has 1 heterocycles. The van der Waals surface area contributed by atoms with E-state index in [-0.39, 0.29) is 11.7 Å². The van der Waals surface area contributed by atoms with Crippen LogP contribution in [0.2, 0.25) is 0 Å². The summed E-state index contributed by atoms with van der Waals surface area (Å²) < 4.78 is 11.8. The Kier molecular flexibility index (Phi) is 2.55. The van der Waals surface area contributed by atoms with Crippen molar-refractivity contribution in [2.45, 2.75) is 44.8 Å². The molecule has 3 atom stereocenters. The molecule has 2 unspecified atom stereocenters. The predicted octanol–water partition coefficient (Wildman–Crippen LogP) is 2.14. The van der Waals surface area contributed by atoms with Crippen molar-refractivity contribution < 1.29 is 14.3 Å². The lowest BCUT2D eigenvalue weighted by molar-refractivity contribution is -0.235. The minimum absolute atomic E-state index is 0.212. The Morgan fingerprint density at radius 1 is 1.25 bits per heavy atom. The van der Waals surface area contributed by atoms with Crippen molar-refractivity contribution in [1.29, 1.82) is 0 Å². The number of rotatable bonds is 0. The molecule has 1 saturated heterocycles. The number of carbonyl (C=O) groups is 1. The maximum absolute atomic E-state index is 11.8. The Labute approximate surface area is 96.5 Å². The van der Waals surface area contributed by atoms with E-state index in [1.54, 1.807) is 0 Å². The van der Waals surface area contributed by atoms with Crippen LogP contribution < -0.4 is 0 Å². The molecule has 0 bridgehead atoms. The average Bonchev–Trinajstić information content (AvgIpc) is 2.74. The fourth-order valence-corrected chi connectivity index (χ4v) is 3.92. The van der Waals surface area contributed by atoms with Crippen molar-refractivity contribution in [2.75, 3.05) is 13.2 Å². The number of Topliss-reactive ketones (excluding diaryl/α,β-unsaturated/α-hetero) is 1. The predicted molar refractivity (Wildman–Crippen MR) is 58.9 cm³/mol. The average molecular weight is 224 g/mol. The van der Waals surface area contributed by atoms with Gasteiger partial charge in [-0.05, 0) is 25.2 Å². The summed E-state index contributed by atoms with van der Waals surface area (Å²) in [6.07, 6.45) is 5.02. The Balaban J connectivity index is 1.86.